The Kier molecular flexibility index (Phi) is 9.83. The molecule has 3 heterocycles. The molecule has 40 heavy (non-hydrogen) atoms. The van der Waals surface area contributed by atoms with E-state index in [0.29, 0.717) is 45.3 Å². The van der Waals surface area contributed by atoms with Gasteiger partial charge in [-0.3, -0.25) is 14.0 Å². The van der Waals surface area contributed by atoms with Gasteiger partial charge in [0.1, 0.15) is 28.7 Å². The van der Waals surface area contributed by atoms with Crippen LogP contribution < -0.4 is 11.1 Å². The molecule has 0 spiro atoms. The molecule has 4 rings (SSSR count). The van der Waals surface area contributed by atoms with Crippen molar-refractivity contribution in [1.82, 2.24) is 24.3 Å². The smallest absolute Gasteiger partial charge is 0.256 e. The molecule has 0 aliphatic heterocycles. The van der Waals surface area contributed by atoms with Crippen molar-refractivity contribution in [2.45, 2.75) is 25.8 Å². The van der Waals surface area contributed by atoms with Gasteiger partial charge in [0, 0.05) is 54.4 Å². The first-order chi connectivity index (χ1) is 19.4. The highest BCUT2D eigenvalue weighted by atomic mass is 127. The van der Waals surface area contributed by atoms with E-state index in [1.54, 1.807) is 55.9 Å². The predicted octanol–water partition coefficient (Wildman–Crippen LogP) is 4.72. The van der Waals surface area contributed by atoms with E-state index in [0.717, 1.165) is 24.0 Å². The third kappa shape index (κ3) is 6.48. The van der Waals surface area contributed by atoms with Crippen LogP contribution in [0.4, 0.5) is 11.6 Å². The standard InChI is InChI=1S/C29H32IN7O3/c1-4-6-19-12-13-32-23(17-19)34-29(39)21-10-8-20(9-11-21)25-26-27(31)33-14-15-37(26)28(35-25)22(18-30)36(2)24(38)7-5-16-40-3/h5,7-15,17,22H,4,6,16,18H2,1-3H3,(H2,31,33)(H,32,34,39)/b7-5+/t22-/m0/s1. The zero-order valence-corrected chi connectivity index (χ0v) is 24.8. The highest BCUT2D eigenvalue weighted by Gasteiger charge is 2.27. The van der Waals surface area contributed by atoms with E-state index in [-0.39, 0.29) is 17.9 Å². The minimum absolute atomic E-state index is 0.163. The number of nitrogens with zero attached hydrogens (tertiary/aromatic N) is 5. The van der Waals surface area contributed by atoms with Gasteiger partial charge < -0.3 is 20.7 Å². The van der Waals surface area contributed by atoms with E-state index in [1.807, 2.05) is 28.7 Å². The van der Waals surface area contributed by atoms with Crippen LogP contribution in [0.5, 0.6) is 0 Å². The molecule has 0 radical (unpaired) electrons. The number of aryl methyl sites for hydroxylation is 1. The Bertz CT molecular complexity index is 1520. The third-order valence-electron chi connectivity index (χ3n) is 6.42. The number of alkyl halides is 1. The fraction of sp³-hybridized carbons (Fsp3) is 0.276. The summed E-state index contributed by atoms with van der Waals surface area (Å²) in [6.45, 7) is 2.46. The van der Waals surface area contributed by atoms with Crippen LogP contribution in [0.15, 0.2) is 67.1 Å². The van der Waals surface area contributed by atoms with Gasteiger partial charge in [-0.1, -0.05) is 54.1 Å². The maximum Gasteiger partial charge on any atom is 0.256 e. The number of aromatic nitrogens is 4. The second kappa shape index (κ2) is 13.5. The highest BCUT2D eigenvalue weighted by molar-refractivity contribution is 14.1. The van der Waals surface area contributed by atoms with Crippen LogP contribution in [-0.2, 0) is 16.0 Å². The van der Waals surface area contributed by atoms with E-state index in [4.69, 9.17) is 15.5 Å². The number of imidazole rings is 1. The fourth-order valence-corrected chi connectivity index (χ4v) is 5.32. The van der Waals surface area contributed by atoms with Gasteiger partial charge >= 0.3 is 0 Å². The number of ether oxygens (including phenoxy) is 1. The molecular weight excluding hydrogens is 621 g/mol. The van der Waals surface area contributed by atoms with Crippen LogP contribution in [-0.4, -0.2) is 61.3 Å². The number of carbonyl (C=O) groups is 2. The van der Waals surface area contributed by atoms with Gasteiger partial charge in [-0.25, -0.2) is 15.0 Å². The average Bonchev–Trinajstić information content (AvgIpc) is 3.34. The maximum atomic E-state index is 12.9. The lowest BCUT2D eigenvalue weighted by atomic mass is 10.1. The Morgan fingerprint density at radius 1 is 1.20 bits per heavy atom. The van der Waals surface area contributed by atoms with Gasteiger partial charge in [0.25, 0.3) is 5.91 Å². The molecule has 0 saturated carbocycles. The van der Waals surface area contributed by atoms with Crippen molar-refractivity contribution in [2.24, 2.45) is 0 Å². The Labute approximate surface area is 246 Å². The van der Waals surface area contributed by atoms with E-state index in [2.05, 4.69) is 44.8 Å². The normalized spacial score (nSPS) is 12.1. The van der Waals surface area contributed by atoms with Crippen molar-refractivity contribution in [1.29, 1.82) is 0 Å². The summed E-state index contributed by atoms with van der Waals surface area (Å²) in [5.41, 5.74) is 9.95. The van der Waals surface area contributed by atoms with Gasteiger partial charge in [-0.05, 0) is 36.2 Å². The lowest BCUT2D eigenvalue weighted by Gasteiger charge is -2.24. The predicted molar refractivity (Wildman–Crippen MR) is 164 cm³/mol. The van der Waals surface area contributed by atoms with Crippen LogP contribution >= 0.6 is 22.6 Å². The summed E-state index contributed by atoms with van der Waals surface area (Å²) >= 11 is 2.25. The van der Waals surface area contributed by atoms with Crippen molar-refractivity contribution >= 4 is 51.6 Å². The number of amides is 2. The summed E-state index contributed by atoms with van der Waals surface area (Å²) in [5.74, 6) is 1.07. The zero-order chi connectivity index (χ0) is 28.6. The molecule has 3 N–H and O–H groups in total. The molecule has 2 amide bonds. The first kappa shape index (κ1) is 29.2. The van der Waals surface area contributed by atoms with Crippen LogP contribution in [0.3, 0.4) is 0 Å². The van der Waals surface area contributed by atoms with Gasteiger partial charge in [0.2, 0.25) is 5.91 Å². The SMILES string of the molecule is CCCc1ccnc(NC(=O)c2ccc(-c3nc([C@H](CI)N(C)C(=O)/C=C/COC)n4ccnc(N)c34)cc2)c1. The number of anilines is 2. The topological polar surface area (TPSA) is 128 Å². The molecule has 208 valence electrons. The van der Waals surface area contributed by atoms with Crippen molar-refractivity contribution in [3.63, 3.8) is 0 Å². The van der Waals surface area contributed by atoms with E-state index in [9.17, 15) is 9.59 Å². The molecule has 0 unspecified atom stereocenters. The number of carbonyl (C=O) groups excluding carboxylic acids is 2. The zero-order valence-electron chi connectivity index (χ0n) is 22.7. The Morgan fingerprint density at radius 3 is 2.67 bits per heavy atom. The van der Waals surface area contributed by atoms with Crippen molar-refractivity contribution in [3.05, 3.63) is 84.1 Å². The molecule has 0 bridgehead atoms. The monoisotopic (exact) mass is 653 g/mol. The highest BCUT2D eigenvalue weighted by Crippen LogP contribution is 2.32. The second-order valence-corrected chi connectivity index (χ2v) is 10.0. The number of hydrogen-bond acceptors (Lipinski definition) is 7. The molecule has 0 aliphatic rings. The van der Waals surface area contributed by atoms with Gasteiger partial charge in [0.05, 0.1) is 12.6 Å². The third-order valence-corrected chi connectivity index (χ3v) is 7.25. The summed E-state index contributed by atoms with van der Waals surface area (Å²) in [7, 11) is 3.32. The Morgan fingerprint density at radius 2 is 1.98 bits per heavy atom. The number of likely N-dealkylation sites (N-methyl/N-ethyl adjacent to an activating group) is 1. The summed E-state index contributed by atoms with van der Waals surface area (Å²) in [5, 5.41) is 2.87. The molecule has 0 fully saturated rings. The average molecular weight is 654 g/mol. The number of hydrogen-bond donors (Lipinski definition) is 2. The quantitative estimate of drug-likeness (QED) is 0.136. The number of rotatable bonds is 11. The van der Waals surface area contributed by atoms with E-state index < -0.39 is 0 Å². The van der Waals surface area contributed by atoms with Gasteiger partial charge in [0.15, 0.2) is 0 Å². The lowest BCUT2D eigenvalue weighted by Crippen LogP contribution is -2.32. The van der Waals surface area contributed by atoms with Gasteiger partial charge in [-0.2, -0.15) is 0 Å². The lowest BCUT2D eigenvalue weighted by molar-refractivity contribution is -0.126. The van der Waals surface area contributed by atoms with Crippen LogP contribution in [0, 0.1) is 0 Å². The van der Waals surface area contributed by atoms with Crippen molar-refractivity contribution in [2.75, 3.05) is 36.2 Å². The first-order valence-corrected chi connectivity index (χ1v) is 14.4. The molecule has 10 nitrogen and oxygen atoms in total. The number of methoxy groups -OCH3 is 1. The van der Waals surface area contributed by atoms with Crippen LogP contribution in [0.25, 0.3) is 16.8 Å². The molecule has 0 aliphatic carbocycles. The van der Waals surface area contributed by atoms with Crippen molar-refractivity contribution < 1.29 is 14.3 Å². The first-order valence-electron chi connectivity index (χ1n) is 12.8. The molecule has 1 aromatic carbocycles. The number of fused-ring (bicyclic) bond motifs is 1. The fourth-order valence-electron chi connectivity index (χ4n) is 4.34. The summed E-state index contributed by atoms with van der Waals surface area (Å²) in [4.78, 5) is 40.9. The number of nitrogens with one attached hydrogen (secondary N) is 1. The summed E-state index contributed by atoms with van der Waals surface area (Å²) < 4.78 is 7.49. The number of halogens is 1. The van der Waals surface area contributed by atoms with E-state index >= 15 is 0 Å². The number of nitrogen functional groups attached to an aromatic ring is 1. The minimum Gasteiger partial charge on any atom is -0.382 e. The van der Waals surface area contributed by atoms with Crippen molar-refractivity contribution in [3.8, 4) is 11.3 Å². The van der Waals surface area contributed by atoms with Gasteiger partial charge in [-0.15, -0.1) is 0 Å². The number of nitrogens with two attached hydrogens (primary N) is 1. The molecular formula is C29H32IN7O3. The number of benzene rings is 1. The molecule has 4 aromatic rings. The van der Waals surface area contributed by atoms with E-state index in [1.165, 1.54) is 6.08 Å². The number of pyridine rings is 1. The second-order valence-electron chi connectivity index (χ2n) is 9.16. The molecule has 1 atom stereocenters. The minimum atomic E-state index is -0.329. The largest absolute Gasteiger partial charge is 0.382 e. The molecule has 3 aromatic heterocycles. The summed E-state index contributed by atoms with van der Waals surface area (Å²) in [6.07, 6.45) is 10.2. The maximum absolute atomic E-state index is 12.9. The molecule has 11 heteroatoms. The van der Waals surface area contributed by atoms with Crippen LogP contribution in [0.2, 0.25) is 0 Å². The Balaban J connectivity index is 1.64. The molecule has 0 saturated heterocycles. The Hall–Kier alpha value is -3.84. The van der Waals surface area contributed by atoms with Crippen LogP contribution in [0.1, 0.15) is 41.1 Å². The summed E-state index contributed by atoms with van der Waals surface area (Å²) in [6, 6.07) is 10.7.